The summed E-state index contributed by atoms with van der Waals surface area (Å²) in [6.45, 7) is 2.12. The van der Waals surface area contributed by atoms with Gasteiger partial charge in [-0.25, -0.2) is 4.39 Å². The van der Waals surface area contributed by atoms with Gasteiger partial charge in [0.2, 0.25) is 5.91 Å². The van der Waals surface area contributed by atoms with Gasteiger partial charge in [0.05, 0.1) is 30.1 Å². The fourth-order valence-corrected chi connectivity index (χ4v) is 3.12. The first kappa shape index (κ1) is 17.4. The Hall–Kier alpha value is -2.47. The predicted octanol–water partition coefficient (Wildman–Crippen LogP) is 2.51. The smallest absolute Gasteiger partial charge is 0.228 e. The lowest BCUT2D eigenvalue weighted by atomic mass is 10.1. The molecule has 0 saturated carbocycles. The van der Waals surface area contributed by atoms with Crippen LogP contribution in [0.15, 0.2) is 36.4 Å². The maximum Gasteiger partial charge on any atom is 0.228 e. The molecule has 2 aromatic rings. The lowest BCUT2D eigenvalue weighted by Gasteiger charge is -2.17. The number of methoxy groups -OCH3 is 1. The van der Waals surface area contributed by atoms with Gasteiger partial charge in [0.15, 0.2) is 0 Å². The van der Waals surface area contributed by atoms with E-state index in [0.29, 0.717) is 36.1 Å². The Bertz CT molecular complexity index is 749. The molecule has 0 radical (unpaired) electrons. The Kier molecular flexibility index (Phi) is 5.28. The summed E-state index contributed by atoms with van der Waals surface area (Å²) in [5.74, 6) is 0.119. The average molecular weight is 343 g/mol. The second-order valence-corrected chi connectivity index (χ2v) is 6.37. The third-order valence-electron chi connectivity index (χ3n) is 4.51. The number of carbonyl (C=O) groups excluding carboxylic acids is 1. The molecule has 2 N–H and O–H groups in total. The van der Waals surface area contributed by atoms with Crippen molar-refractivity contribution in [2.45, 2.75) is 12.8 Å². The van der Waals surface area contributed by atoms with E-state index in [1.165, 1.54) is 12.1 Å². The summed E-state index contributed by atoms with van der Waals surface area (Å²) in [6.07, 6.45) is 1.12. The summed E-state index contributed by atoms with van der Waals surface area (Å²) < 4.78 is 18.2. The highest BCUT2D eigenvalue weighted by atomic mass is 19.1. The lowest BCUT2D eigenvalue weighted by Crippen LogP contribution is -2.31. The van der Waals surface area contributed by atoms with Crippen molar-refractivity contribution in [2.24, 2.45) is 5.92 Å². The number of likely N-dealkylation sites (tertiary alicyclic amines) is 1. The first-order valence-corrected chi connectivity index (χ1v) is 8.35. The van der Waals surface area contributed by atoms with E-state index in [2.05, 4.69) is 4.98 Å². The molecule has 6 heteroatoms. The number of benzene rings is 1. The number of carbonyl (C=O) groups is 1. The van der Waals surface area contributed by atoms with Crippen LogP contribution in [-0.4, -0.2) is 42.6 Å². The maximum absolute atomic E-state index is 13.1. The van der Waals surface area contributed by atoms with E-state index in [9.17, 15) is 9.18 Å². The molecule has 1 atom stereocenters. The SMILES string of the molecule is COCC1CCN(C(=O)Cc2nc(-c3ccc(F)cc3)ccc2N)C1. The van der Waals surface area contributed by atoms with Crippen LogP contribution in [0.3, 0.4) is 0 Å². The van der Waals surface area contributed by atoms with Crippen molar-refractivity contribution in [2.75, 3.05) is 32.5 Å². The van der Waals surface area contributed by atoms with Crippen molar-refractivity contribution in [3.05, 3.63) is 47.9 Å². The molecule has 1 aromatic carbocycles. The van der Waals surface area contributed by atoms with Crippen molar-refractivity contribution >= 4 is 11.6 Å². The van der Waals surface area contributed by atoms with Gasteiger partial charge in [-0.05, 0) is 42.8 Å². The molecule has 1 amide bonds. The molecule has 1 aromatic heterocycles. The topological polar surface area (TPSA) is 68.5 Å². The molecule has 132 valence electrons. The van der Waals surface area contributed by atoms with Crippen LogP contribution in [0.4, 0.5) is 10.1 Å². The number of hydrogen-bond acceptors (Lipinski definition) is 4. The molecular formula is C19H22FN3O2. The molecule has 1 aliphatic heterocycles. The van der Waals surface area contributed by atoms with E-state index in [0.717, 1.165) is 18.5 Å². The molecule has 5 nitrogen and oxygen atoms in total. The van der Waals surface area contributed by atoms with Gasteiger partial charge in [-0.1, -0.05) is 0 Å². The molecule has 0 aliphatic carbocycles. The zero-order valence-electron chi connectivity index (χ0n) is 14.2. The zero-order valence-corrected chi connectivity index (χ0v) is 14.2. The van der Waals surface area contributed by atoms with Crippen LogP contribution in [0.2, 0.25) is 0 Å². The highest BCUT2D eigenvalue weighted by molar-refractivity contribution is 5.80. The molecular weight excluding hydrogens is 321 g/mol. The minimum absolute atomic E-state index is 0.0223. The number of nitrogens with two attached hydrogens (primary N) is 1. The van der Waals surface area contributed by atoms with Crippen LogP contribution >= 0.6 is 0 Å². The van der Waals surface area contributed by atoms with Crippen molar-refractivity contribution in [3.63, 3.8) is 0 Å². The van der Waals surface area contributed by atoms with Crippen molar-refractivity contribution in [1.29, 1.82) is 0 Å². The van der Waals surface area contributed by atoms with E-state index in [1.54, 1.807) is 31.4 Å². The lowest BCUT2D eigenvalue weighted by molar-refractivity contribution is -0.129. The molecule has 0 spiro atoms. The fraction of sp³-hybridized carbons (Fsp3) is 0.368. The Morgan fingerprint density at radius 1 is 1.32 bits per heavy atom. The predicted molar refractivity (Wildman–Crippen MR) is 94.3 cm³/mol. The van der Waals surface area contributed by atoms with E-state index >= 15 is 0 Å². The van der Waals surface area contributed by atoms with Gasteiger partial charge in [0.25, 0.3) is 0 Å². The monoisotopic (exact) mass is 343 g/mol. The summed E-state index contributed by atoms with van der Waals surface area (Å²) in [5.41, 5.74) is 8.52. The van der Waals surface area contributed by atoms with E-state index in [-0.39, 0.29) is 18.1 Å². The molecule has 1 aliphatic rings. The number of amides is 1. The van der Waals surface area contributed by atoms with Gasteiger partial charge in [-0.3, -0.25) is 9.78 Å². The minimum Gasteiger partial charge on any atom is -0.397 e. The molecule has 0 bridgehead atoms. The van der Waals surface area contributed by atoms with Crippen LogP contribution in [0.1, 0.15) is 12.1 Å². The number of ether oxygens (including phenoxy) is 1. The Morgan fingerprint density at radius 3 is 2.80 bits per heavy atom. The third-order valence-corrected chi connectivity index (χ3v) is 4.51. The van der Waals surface area contributed by atoms with E-state index in [1.807, 2.05) is 4.90 Å². The second-order valence-electron chi connectivity index (χ2n) is 6.37. The molecule has 25 heavy (non-hydrogen) atoms. The Balaban J connectivity index is 1.73. The van der Waals surface area contributed by atoms with Crippen LogP contribution < -0.4 is 5.73 Å². The molecule has 1 saturated heterocycles. The van der Waals surface area contributed by atoms with Gasteiger partial charge in [0, 0.05) is 31.7 Å². The van der Waals surface area contributed by atoms with Crippen molar-refractivity contribution < 1.29 is 13.9 Å². The number of rotatable bonds is 5. The minimum atomic E-state index is -0.297. The van der Waals surface area contributed by atoms with Gasteiger partial charge < -0.3 is 15.4 Å². The van der Waals surface area contributed by atoms with Gasteiger partial charge in [-0.15, -0.1) is 0 Å². The first-order valence-electron chi connectivity index (χ1n) is 8.35. The summed E-state index contributed by atoms with van der Waals surface area (Å²) in [4.78, 5) is 18.9. The maximum atomic E-state index is 13.1. The van der Waals surface area contributed by atoms with E-state index < -0.39 is 0 Å². The Morgan fingerprint density at radius 2 is 2.08 bits per heavy atom. The number of halogens is 1. The highest BCUT2D eigenvalue weighted by Crippen LogP contribution is 2.22. The summed E-state index contributed by atoms with van der Waals surface area (Å²) in [7, 11) is 1.68. The van der Waals surface area contributed by atoms with Crippen molar-refractivity contribution in [3.8, 4) is 11.3 Å². The standard InChI is InChI=1S/C19H22FN3O2/c1-25-12-13-8-9-23(11-13)19(24)10-18-16(21)6-7-17(22-18)14-2-4-15(20)5-3-14/h2-7,13H,8-12,21H2,1H3. The third kappa shape index (κ3) is 4.14. The van der Waals surface area contributed by atoms with Crippen LogP contribution in [0.5, 0.6) is 0 Å². The summed E-state index contributed by atoms with van der Waals surface area (Å²) >= 11 is 0. The van der Waals surface area contributed by atoms with Gasteiger partial charge in [0.1, 0.15) is 5.82 Å². The number of anilines is 1. The number of nitrogens with zero attached hydrogens (tertiary/aromatic N) is 2. The highest BCUT2D eigenvalue weighted by Gasteiger charge is 2.26. The number of aromatic nitrogens is 1. The average Bonchev–Trinajstić information content (AvgIpc) is 3.07. The van der Waals surface area contributed by atoms with E-state index in [4.69, 9.17) is 10.5 Å². The van der Waals surface area contributed by atoms with Crippen LogP contribution in [0, 0.1) is 11.7 Å². The Labute approximate surface area is 146 Å². The largest absolute Gasteiger partial charge is 0.397 e. The van der Waals surface area contributed by atoms with Gasteiger partial charge >= 0.3 is 0 Å². The van der Waals surface area contributed by atoms with Crippen LogP contribution in [0.25, 0.3) is 11.3 Å². The zero-order chi connectivity index (χ0) is 17.8. The van der Waals surface area contributed by atoms with Crippen molar-refractivity contribution in [1.82, 2.24) is 9.88 Å². The molecule has 1 unspecified atom stereocenters. The second kappa shape index (κ2) is 7.61. The number of pyridine rings is 1. The summed E-state index contributed by atoms with van der Waals surface area (Å²) in [6, 6.07) is 9.62. The number of nitrogen functional groups attached to an aromatic ring is 1. The van der Waals surface area contributed by atoms with Gasteiger partial charge in [-0.2, -0.15) is 0 Å². The molecule has 1 fully saturated rings. The molecule has 3 rings (SSSR count). The molecule has 2 heterocycles. The normalized spacial score (nSPS) is 17.0. The fourth-order valence-electron chi connectivity index (χ4n) is 3.12. The number of hydrogen-bond donors (Lipinski definition) is 1. The first-order chi connectivity index (χ1) is 12.1. The van der Waals surface area contributed by atoms with Crippen LogP contribution in [-0.2, 0) is 16.0 Å². The quantitative estimate of drug-likeness (QED) is 0.906. The summed E-state index contributed by atoms with van der Waals surface area (Å²) in [5, 5.41) is 0.